The van der Waals surface area contributed by atoms with E-state index in [0.29, 0.717) is 11.6 Å². The van der Waals surface area contributed by atoms with Crippen LogP contribution in [0.2, 0.25) is 5.02 Å². The summed E-state index contributed by atoms with van der Waals surface area (Å²) < 4.78 is 27.7. The van der Waals surface area contributed by atoms with Gasteiger partial charge in [0.25, 0.3) is 0 Å². The number of benzene rings is 1. The van der Waals surface area contributed by atoms with Crippen LogP contribution in [0.5, 0.6) is 0 Å². The molecule has 0 saturated carbocycles. The third-order valence-corrected chi connectivity index (χ3v) is 5.46. The van der Waals surface area contributed by atoms with Crippen LogP contribution in [-0.2, 0) is 14.9 Å². The molecule has 1 aliphatic heterocycles. The van der Waals surface area contributed by atoms with Crippen LogP contribution in [0.4, 0.5) is 0 Å². The van der Waals surface area contributed by atoms with Gasteiger partial charge >= 0.3 is 0 Å². The molecule has 7 heteroatoms. The van der Waals surface area contributed by atoms with Gasteiger partial charge in [0.1, 0.15) is 5.25 Å². The summed E-state index contributed by atoms with van der Waals surface area (Å²) in [4.78, 5) is 5.44. The van der Waals surface area contributed by atoms with Crippen molar-refractivity contribution in [3.63, 3.8) is 0 Å². The van der Waals surface area contributed by atoms with Gasteiger partial charge in [-0.3, -0.25) is 4.84 Å². The molecule has 1 N–H and O–H groups in total. The first-order valence-corrected chi connectivity index (χ1v) is 8.83. The molecule has 2 unspecified atom stereocenters. The largest absolute Gasteiger partial charge is 0.297 e. The molecular formula is C14H21ClN2O3S. The fourth-order valence-corrected chi connectivity index (χ4v) is 4.25. The maximum absolute atomic E-state index is 12.5. The van der Waals surface area contributed by atoms with E-state index < -0.39 is 15.3 Å². The topological polar surface area (TPSA) is 58.6 Å². The van der Waals surface area contributed by atoms with Gasteiger partial charge in [-0.25, -0.2) is 13.1 Å². The molecule has 0 amide bonds. The molecule has 1 saturated heterocycles. The second kappa shape index (κ2) is 6.62. The van der Waals surface area contributed by atoms with Crippen LogP contribution in [0.25, 0.3) is 0 Å². The predicted molar refractivity (Wildman–Crippen MR) is 83.5 cm³/mol. The number of halogens is 1. The van der Waals surface area contributed by atoms with Gasteiger partial charge in [-0.15, -0.1) is 0 Å². The molecule has 1 aliphatic rings. The van der Waals surface area contributed by atoms with Crippen LogP contribution in [0.1, 0.15) is 25.5 Å². The molecule has 0 aromatic heterocycles. The molecule has 5 nitrogen and oxygen atoms in total. The second-order valence-corrected chi connectivity index (χ2v) is 8.09. The second-order valence-electron chi connectivity index (χ2n) is 5.67. The monoisotopic (exact) mass is 332 g/mol. The maximum Gasteiger partial charge on any atom is 0.218 e. The Labute approximate surface area is 131 Å². The lowest BCUT2D eigenvalue weighted by Crippen LogP contribution is -2.40. The molecule has 118 valence electrons. The highest BCUT2D eigenvalue weighted by Gasteiger charge is 2.43. The van der Waals surface area contributed by atoms with E-state index in [1.165, 1.54) is 0 Å². The van der Waals surface area contributed by atoms with Gasteiger partial charge in [-0.2, -0.15) is 5.06 Å². The van der Waals surface area contributed by atoms with Crippen molar-refractivity contribution in [2.75, 3.05) is 20.2 Å². The lowest BCUT2D eigenvalue weighted by atomic mass is 10.0. The number of hydrogen-bond donors (Lipinski definition) is 1. The molecule has 1 aromatic rings. The van der Waals surface area contributed by atoms with Gasteiger partial charge in [-0.05, 0) is 23.6 Å². The number of nitrogens with zero attached hydrogens (tertiary/aromatic N) is 1. The molecular weight excluding hydrogens is 312 g/mol. The highest BCUT2D eigenvalue weighted by molar-refractivity contribution is 7.90. The van der Waals surface area contributed by atoms with Crippen molar-refractivity contribution in [1.29, 1.82) is 0 Å². The van der Waals surface area contributed by atoms with Crippen LogP contribution in [0.15, 0.2) is 24.3 Å². The molecule has 2 atom stereocenters. The minimum absolute atomic E-state index is 0.140. The average molecular weight is 333 g/mol. The maximum atomic E-state index is 12.5. The lowest BCUT2D eigenvalue weighted by Gasteiger charge is -2.23. The van der Waals surface area contributed by atoms with E-state index in [9.17, 15) is 8.42 Å². The van der Waals surface area contributed by atoms with E-state index in [-0.39, 0.29) is 18.6 Å². The first-order chi connectivity index (χ1) is 9.81. The van der Waals surface area contributed by atoms with Crippen LogP contribution in [0.3, 0.4) is 0 Å². The Hall–Kier alpha value is -0.660. The van der Waals surface area contributed by atoms with Gasteiger partial charge in [0.15, 0.2) is 0 Å². The zero-order valence-corrected chi connectivity index (χ0v) is 14.0. The van der Waals surface area contributed by atoms with Crippen molar-refractivity contribution in [2.24, 2.45) is 5.92 Å². The molecule has 0 spiro atoms. The van der Waals surface area contributed by atoms with Crippen molar-refractivity contribution in [2.45, 2.75) is 25.1 Å². The number of hydrogen-bond acceptors (Lipinski definition) is 4. The molecule has 0 radical (unpaired) electrons. The fourth-order valence-electron chi connectivity index (χ4n) is 2.36. The summed E-state index contributed by atoms with van der Waals surface area (Å²) in [5, 5.41) is 1.52. The number of hydroxylamine groups is 2. The minimum Gasteiger partial charge on any atom is -0.297 e. The van der Waals surface area contributed by atoms with E-state index in [0.717, 1.165) is 5.56 Å². The van der Waals surface area contributed by atoms with E-state index in [1.807, 2.05) is 26.0 Å². The molecule has 21 heavy (non-hydrogen) atoms. The Kier molecular flexibility index (Phi) is 5.27. The Morgan fingerprint density at radius 3 is 2.81 bits per heavy atom. The number of sulfonamides is 1. The van der Waals surface area contributed by atoms with Gasteiger partial charge in [0, 0.05) is 18.6 Å². The summed E-state index contributed by atoms with van der Waals surface area (Å²) in [6.07, 6.45) is 0. The molecule has 2 rings (SSSR count). The molecule has 1 fully saturated rings. The summed E-state index contributed by atoms with van der Waals surface area (Å²) in [6, 6.07) is 6.86. The van der Waals surface area contributed by atoms with E-state index in [4.69, 9.17) is 16.4 Å². The Morgan fingerprint density at radius 1 is 1.48 bits per heavy atom. The summed E-state index contributed by atoms with van der Waals surface area (Å²) >= 11 is 6.01. The summed E-state index contributed by atoms with van der Waals surface area (Å²) in [5.41, 5.74) is 0.836. The van der Waals surface area contributed by atoms with Crippen molar-refractivity contribution in [3.8, 4) is 0 Å². The Bertz CT molecular complexity index is 592. The van der Waals surface area contributed by atoms with E-state index >= 15 is 0 Å². The third kappa shape index (κ3) is 3.96. The smallest absolute Gasteiger partial charge is 0.218 e. The first kappa shape index (κ1) is 16.7. The van der Waals surface area contributed by atoms with Crippen molar-refractivity contribution in [3.05, 3.63) is 34.9 Å². The summed E-state index contributed by atoms with van der Waals surface area (Å²) in [6.45, 7) is 4.49. The first-order valence-electron chi connectivity index (χ1n) is 6.91. The van der Waals surface area contributed by atoms with E-state index in [2.05, 4.69) is 4.72 Å². The fraction of sp³-hybridized carbons (Fsp3) is 0.571. The quantitative estimate of drug-likeness (QED) is 0.898. The zero-order valence-electron chi connectivity index (χ0n) is 12.4. The lowest BCUT2D eigenvalue weighted by molar-refractivity contribution is -0.110. The molecule has 0 aliphatic carbocycles. The van der Waals surface area contributed by atoms with Gasteiger partial charge in [-0.1, -0.05) is 37.6 Å². The SMILES string of the molecule is CC(C)CNS(=O)(=O)C1CON(C)C1c1cccc(Cl)c1. The molecule has 1 aromatic carbocycles. The third-order valence-electron chi connectivity index (χ3n) is 3.47. The Morgan fingerprint density at radius 2 is 2.19 bits per heavy atom. The number of nitrogens with one attached hydrogen (secondary N) is 1. The summed E-state index contributed by atoms with van der Waals surface area (Å²) in [7, 11) is -1.72. The van der Waals surface area contributed by atoms with Crippen LogP contribution in [0, 0.1) is 5.92 Å². The highest BCUT2D eigenvalue weighted by atomic mass is 35.5. The Balaban J connectivity index is 2.26. The van der Waals surface area contributed by atoms with Crippen LogP contribution >= 0.6 is 11.6 Å². The number of rotatable bonds is 5. The van der Waals surface area contributed by atoms with Crippen molar-refractivity contribution in [1.82, 2.24) is 9.79 Å². The van der Waals surface area contributed by atoms with Crippen LogP contribution in [-0.4, -0.2) is 38.9 Å². The van der Waals surface area contributed by atoms with Crippen molar-refractivity contribution >= 4 is 21.6 Å². The predicted octanol–water partition coefficient (Wildman–Crippen LogP) is 2.20. The van der Waals surface area contributed by atoms with Gasteiger partial charge < -0.3 is 0 Å². The standard InChI is InChI=1S/C14H21ClN2O3S/c1-10(2)8-16-21(18,19)13-9-20-17(3)14(13)11-5-4-6-12(15)7-11/h4-7,10,13-14,16H,8-9H2,1-3H3. The normalized spacial score (nSPS) is 23.9. The van der Waals surface area contributed by atoms with E-state index in [1.54, 1.807) is 24.2 Å². The molecule has 1 heterocycles. The van der Waals surface area contributed by atoms with Gasteiger partial charge in [0.05, 0.1) is 12.6 Å². The van der Waals surface area contributed by atoms with Gasteiger partial charge in [0.2, 0.25) is 10.0 Å². The average Bonchev–Trinajstić information content (AvgIpc) is 2.79. The minimum atomic E-state index is -3.46. The zero-order chi connectivity index (χ0) is 15.6. The highest BCUT2D eigenvalue weighted by Crippen LogP contribution is 2.34. The molecule has 0 bridgehead atoms. The summed E-state index contributed by atoms with van der Waals surface area (Å²) in [5.74, 6) is 0.254. The van der Waals surface area contributed by atoms with Crippen LogP contribution < -0.4 is 4.72 Å². The van der Waals surface area contributed by atoms with Crippen molar-refractivity contribution < 1.29 is 13.3 Å².